The highest BCUT2D eigenvalue weighted by Gasteiger charge is 1.98. The van der Waals surface area contributed by atoms with Crippen LogP contribution in [0.1, 0.15) is 16.7 Å². The summed E-state index contributed by atoms with van der Waals surface area (Å²) in [7, 11) is 0. The Morgan fingerprint density at radius 2 is 1.61 bits per heavy atom. The second-order valence-electron chi connectivity index (χ2n) is 4.20. The van der Waals surface area contributed by atoms with Crippen molar-refractivity contribution >= 4 is 23.9 Å². The standard InChI is InChI=1S/C15H16N2.ClH/c1-11-6-8-14(9-7-11)17-15(16)13-5-3-4-12(2)10-13;/h3-10H,1-2H3,(H2,16,17);1H. The van der Waals surface area contributed by atoms with E-state index in [1.807, 2.05) is 55.5 Å². The molecule has 0 saturated heterocycles. The molecule has 3 heteroatoms. The van der Waals surface area contributed by atoms with Gasteiger partial charge in [-0.3, -0.25) is 0 Å². The molecule has 0 aliphatic heterocycles. The predicted molar refractivity (Wildman–Crippen MR) is 80.0 cm³/mol. The highest BCUT2D eigenvalue weighted by atomic mass is 35.5. The first-order valence-corrected chi connectivity index (χ1v) is 5.63. The van der Waals surface area contributed by atoms with Gasteiger partial charge in [0.25, 0.3) is 0 Å². The van der Waals surface area contributed by atoms with Crippen molar-refractivity contribution in [3.05, 3.63) is 65.2 Å². The molecule has 2 nitrogen and oxygen atoms in total. The lowest BCUT2D eigenvalue weighted by Crippen LogP contribution is -2.12. The SMILES string of the molecule is Cc1ccc(N=C(N)c2cccc(C)c2)cc1.Cl. The van der Waals surface area contributed by atoms with Crippen LogP contribution in [0, 0.1) is 13.8 Å². The normalized spacial score (nSPS) is 10.9. The van der Waals surface area contributed by atoms with Crippen molar-refractivity contribution in [2.45, 2.75) is 13.8 Å². The van der Waals surface area contributed by atoms with Gasteiger partial charge in [-0.25, -0.2) is 4.99 Å². The number of hydrogen-bond donors (Lipinski definition) is 1. The Bertz CT molecular complexity index is 545. The van der Waals surface area contributed by atoms with E-state index in [9.17, 15) is 0 Å². The van der Waals surface area contributed by atoms with E-state index < -0.39 is 0 Å². The number of nitrogens with zero attached hydrogens (tertiary/aromatic N) is 1. The van der Waals surface area contributed by atoms with E-state index in [1.54, 1.807) is 0 Å². The second-order valence-corrected chi connectivity index (χ2v) is 4.20. The van der Waals surface area contributed by atoms with Gasteiger partial charge in [0, 0.05) is 5.56 Å². The molecule has 0 aliphatic carbocycles. The lowest BCUT2D eigenvalue weighted by Gasteiger charge is -2.02. The van der Waals surface area contributed by atoms with Crippen LogP contribution >= 0.6 is 12.4 Å². The molecule has 2 rings (SSSR count). The zero-order chi connectivity index (χ0) is 12.3. The van der Waals surface area contributed by atoms with Crippen LogP contribution in [0.25, 0.3) is 0 Å². The minimum absolute atomic E-state index is 0. The largest absolute Gasteiger partial charge is 0.383 e. The number of amidine groups is 1. The van der Waals surface area contributed by atoms with Crippen LogP contribution in [0.3, 0.4) is 0 Å². The maximum absolute atomic E-state index is 5.98. The summed E-state index contributed by atoms with van der Waals surface area (Å²) in [5.41, 5.74) is 10.2. The zero-order valence-electron chi connectivity index (χ0n) is 10.6. The number of halogens is 1. The summed E-state index contributed by atoms with van der Waals surface area (Å²) in [6.45, 7) is 4.10. The molecule has 0 fully saturated rings. The highest BCUT2D eigenvalue weighted by Crippen LogP contribution is 2.14. The highest BCUT2D eigenvalue weighted by molar-refractivity contribution is 5.99. The third kappa shape index (κ3) is 3.60. The number of aliphatic imine (C=N–C) groups is 1. The fraction of sp³-hybridized carbons (Fsp3) is 0.133. The first kappa shape index (κ1) is 14.3. The van der Waals surface area contributed by atoms with Crippen molar-refractivity contribution < 1.29 is 0 Å². The first-order valence-electron chi connectivity index (χ1n) is 5.63. The van der Waals surface area contributed by atoms with E-state index in [0.29, 0.717) is 5.84 Å². The van der Waals surface area contributed by atoms with Crippen LogP contribution in [0.4, 0.5) is 5.69 Å². The van der Waals surface area contributed by atoms with E-state index in [-0.39, 0.29) is 12.4 Å². The monoisotopic (exact) mass is 260 g/mol. The minimum atomic E-state index is 0. The van der Waals surface area contributed by atoms with Gasteiger partial charge in [0.2, 0.25) is 0 Å². The molecule has 0 heterocycles. The Morgan fingerprint density at radius 3 is 2.22 bits per heavy atom. The van der Waals surface area contributed by atoms with Crippen LogP contribution in [0.5, 0.6) is 0 Å². The molecule has 0 bridgehead atoms. The van der Waals surface area contributed by atoms with Crippen molar-refractivity contribution in [2.75, 3.05) is 0 Å². The Hall–Kier alpha value is -1.80. The Kier molecular flexibility index (Phi) is 4.93. The molecular weight excluding hydrogens is 244 g/mol. The average molecular weight is 261 g/mol. The number of rotatable bonds is 2. The maximum atomic E-state index is 5.98. The van der Waals surface area contributed by atoms with Gasteiger partial charge in [-0.2, -0.15) is 0 Å². The summed E-state index contributed by atoms with van der Waals surface area (Å²) in [5, 5.41) is 0. The quantitative estimate of drug-likeness (QED) is 0.648. The van der Waals surface area contributed by atoms with Crippen LogP contribution in [0.2, 0.25) is 0 Å². The fourth-order valence-corrected chi connectivity index (χ4v) is 1.63. The molecule has 2 aromatic rings. The summed E-state index contributed by atoms with van der Waals surface area (Å²) >= 11 is 0. The Balaban J connectivity index is 0.00000162. The second kappa shape index (κ2) is 6.22. The number of nitrogens with two attached hydrogens (primary N) is 1. The van der Waals surface area contributed by atoms with Gasteiger partial charge in [-0.15, -0.1) is 12.4 Å². The molecule has 94 valence electrons. The van der Waals surface area contributed by atoms with Crippen molar-refractivity contribution in [1.29, 1.82) is 0 Å². The number of aryl methyl sites for hydroxylation is 2. The first-order chi connectivity index (χ1) is 8.15. The van der Waals surface area contributed by atoms with E-state index >= 15 is 0 Å². The fourth-order valence-electron chi connectivity index (χ4n) is 1.63. The topological polar surface area (TPSA) is 38.4 Å². The third-order valence-electron chi connectivity index (χ3n) is 2.60. The van der Waals surface area contributed by atoms with Gasteiger partial charge >= 0.3 is 0 Å². The Morgan fingerprint density at radius 1 is 0.944 bits per heavy atom. The summed E-state index contributed by atoms with van der Waals surface area (Å²) in [5.74, 6) is 0.553. The third-order valence-corrected chi connectivity index (χ3v) is 2.60. The lowest BCUT2D eigenvalue weighted by molar-refractivity contribution is 1.39. The summed E-state index contributed by atoms with van der Waals surface area (Å²) in [4.78, 5) is 4.41. The molecular formula is C15H17ClN2. The van der Waals surface area contributed by atoms with E-state index in [4.69, 9.17) is 5.73 Å². The van der Waals surface area contributed by atoms with Crippen LogP contribution in [-0.4, -0.2) is 5.84 Å². The van der Waals surface area contributed by atoms with E-state index in [0.717, 1.165) is 11.3 Å². The Labute approximate surface area is 114 Å². The molecule has 2 aromatic carbocycles. The van der Waals surface area contributed by atoms with Gasteiger partial charge in [0.1, 0.15) is 5.84 Å². The minimum Gasteiger partial charge on any atom is -0.383 e. The van der Waals surface area contributed by atoms with Gasteiger partial charge in [0.15, 0.2) is 0 Å². The van der Waals surface area contributed by atoms with Gasteiger partial charge in [-0.1, -0.05) is 41.5 Å². The molecule has 0 aliphatic rings. The van der Waals surface area contributed by atoms with Gasteiger partial charge < -0.3 is 5.73 Å². The molecule has 0 unspecified atom stereocenters. The molecule has 0 saturated carbocycles. The van der Waals surface area contributed by atoms with E-state index in [1.165, 1.54) is 11.1 Å². The van der Waals surface area contributed by atoms with Crippen LogP contribution in [-0.2, 0) is 0 Å². The van der Waals surface area contributed by atoms with Gasteiger partial charge in [0.05, 0.1) is 5.69 Å². The zero-order valence-corrected chi connectivity index (χ0v) is 11.4. The molecule has 0 spiro atoms. The molecule has 2 N–H and O–H groups in total. The molecule has 0 radical (unpaired) electrons. The van der Waals surface area contributed by atoms with Gasteiger partial charge in [-0.05, 0) is 32.0 Å². The molecule has 0 atom stereocenters. The van der Waals surface area contributed by atoms with Crippen molar-refractivity contribution in [3.63, 3.8) is 0 Å². The van der Waals surface area contributed by atoms with Crippen LogP contribution < -0.4 is 5.73 Å². The summed E-state index contributed by atoms with van der Waals surface area (Å²) < 4.78 is 0. The van der Waals surface area contributed by atoms with Crippen LogP contribution in [0.15, 0.2) is 53.5 Å². The summed E-state index contributed by atoms with van der Waals surface area (Å²) in [6, 6.07) is 16.0. The van der Waals surface area contributed by atoms with Crippen molar-refractivity contribution in [1.82, 2.24) is 0 Å². The molecule has 0 amide bonds. The average Bonchev–Trinajstić information content (AvgIpc) is 2.32. The number of hydrogen-bond acceptors (Lipinski definition) is 1. The molecule has 18 heavy (non-hydrogen) atoms. The van der Waals surface area contributed by atoms with Crippen molar-refractivity contribution in [2.24, 2.45) is 10.7 Å². The predicted octanol–water partition coefficient (Wildman–Crippen LogP) is 3.76. The number of benzene rings is 2. The summed E-state index contributed by atoms with van der Waals surface area (Å²) in [6.07, 6.45) is 0. The maximum Gasteiger partial charge on any atom is 0.131 e. The lowest BCUT2D eigenvalue weighted by atomic mass is 10.1. The van der Waals surface area contributed by atoms with E-state index in [2.05, 4.69) is 11.9 Å². The smallest absolute Gasteiger partial charge is 0.131 e. The molecule has 0 aromatic heterocycles. The van der Waals surface area contributed by atoms with Crippen molar-refractivity contribution in [3.8, 4) is 0 Å².